The first-order valence-electron chi connectivity index (χ1n) is 8.26. The summed E-state index contributed by atoms with van der Waals surface area (Å²) in [6, 6.07) is 15.1. The number of benzene rings is 2. The number of morpholine rings is 1. The van der Waals surface area contributed by atoms with Crippen molar-refractivity contribution < 1.29 is 18.4 Å². The molecule has 0 aliphatic carbocycles. The minimum atomic E-state index is -0.484. The van der Waals surface area contributed by atoms with E-state index in [0.717, 1.165) is 5.56 Å². The van der Waals surface area contributed by atoms with Crippen molar-refractivity contribution >= 4 is 5.91 Å². The van der Waals surface area contributed by atoms with Gasteiger partial charge in [-0.2, -0.15) is 4.98 Å². The van der Waals surface area contributed by atoms with Crippen LogP contribution in [0.1, 0.15) is 22.3 Å². The highest BCUT2D eigenvalue weighted by Crippen LogP contribution is 2.24. The molecular formula is C19H16FN3O3. The van der Waals surface area contributed by atoms with Gasteiger partial charge in [-0.3, -0.25) is 4.79 Å². The fraction of sp³-hybridized carbons (Fsp3) is 0.211. The van der Waals surface area contributed by atoms with E-state index in [2.05, 4.69) is 10.1 Å². The second-order valence-electron chi connectivity index (χ2n) is 5.94. The van der Waals surface area contributed by atoms with Crippen LogP contribution in [-0.4, -0.2) is 40.6 Å². The Hall–Kier alpha value is -3.06. The van der Waals surface area contributed by atoms with Gasteiger partial charge in [0.2, 0.25) is 5.82 Å². The Balaban J connectivity index is 1.50. The normalized spacial score (nSPS) is 17.3. The smallest absolute Gasteiger partial charge is 0.258 e. The highest BCUT2D eigenvalue weighted by Gasteiger charge is 2.29. The fourth-order valence-corrected chi connectivity index (χ4v) is 2.86. The van der Waals surface area contributed by atoms with E-state index in [1.165, 1.54) is 18.2 Å². The molecule has 0 radical (unpaired) electrons. The SMILES string of the molecule is O=C(c1cccc(F)c1)N1CCOC(c2noc(-c3ccccc3)n2)C1. The quantitative estimate of drug-likeness (QED) is 0.724. The van der Waals surface area contributed by atoms with Crippen LogP contribution in [0.15, 0.2) is 59.1 Å². The molecule has 2 heterocycles. The largest absolute Gasteiger partial charge is 0.366 e. The van der Waals surface area contributed by atoms with Crippen LogP contribution in [0.5, 0.6) is 0 Å². The maximum absolute atomic E-state index is 13.4. The highest BCUT2D eigenvalue weighted by atomic mass is 19.1. The Morgan fingerprint density at radius 1 is 1.15 bits per heavy atom. The van der Waals surface area contributed by atoms with Gasteiger partial charge in [-0.25, -0.2) is 4.39 Å². The predicted octanol–water partition coefficient (Wildman–Crippen LogP) is 3.09. The van der Waals surface area contributed by atoms with Gasteiger partial charge in [-0.05, 0) is 30.3 Å². The maximum atomic E-state index is 13.4. The number of ether oxygens (including phenoxy) is 1. The van der Waals surface area contributed by atoms with E-state index in [1.54, 1.807) is 11.0 Å². The maximum Gasteiger partial charge on any atom is 0.258 e. The van der Waals surface area contributed by atoms with Crippen molar-refractivity contribution in [1.29, 1.82) is 0 Å². The third kappa shape index (κ3) is 3.34. The van der Waals surface area contributed by atoms with E-state index in [9.17, 15) is 9.18 Å². The molecule has 1 unspecified atom stereocenters. The Bertz CT molecular complexity index is 913. The summed E-state index contributed by atoms with van der Waals surface area (Å²) in [5.41, 5.74) is 1.12. The summed E-state index contributed by atoms with van der Waals surface area (Å²) in [5, 5.41) is 3.99. The molecule has 3 aromatic rings. The van der Waals surface area contributed by atoms with Crippen molar-refractivity contribution in [3.8, 4) is 11.5 Å². The summed E-state index contributed by atoms with van der Waals surface area (Å²) < 4.78 is 24.4. The lowest BCUT2D eigenvalue weighted by molar-refractivity contribution is -0.0276. The van der Waals surface area contributed by atoms with Crippen molar-refractivity contribution in [2.24, 2.45) is 0 Å². The molecule has 1 aliphatic rings. The molecule has 26 heavy (non-hydrogen) atoms. The van der Waals surface area contributed by atoms with E-state index in [-0.39, 0.29) is 12.5 Å². The first kappa shape index (κ1) is 16.4. The van der Waals surface area contributed by atoms with Gasteiger partial charge in [0.25, 0.3) is 11.8 Å². The zero-order valence-electron chi connectivity index (χ0n) is 13.8. The van der Waals surface area contributed by atoms with Gasteiger partial charge in [0, 0.05) is 17.7 Å². The molecule has 0 N–H and O–H groups in total. The molecule has 1 saturated heterocycles. The Morgan fingerprint density at radius 2 is 2.00 bits per heavy atom. The van der Waals surface area contributed by atoms with Gasteiger partial charge in [0.1, 0.15) is 11.9 Å². The molecule has 0 bridgehead atoms. The number of nitrogens with zero attached hydrogens (tertiary/aromatic N) is 3. The first-order valence-corrected chi connectivity index (χ1v) is 8.26. The van der Waals surface area contributed by atoms with E-state index >= 15 is 0 Å². The lowest BCUT2D eigenvalue weighted by Gasteiger charge is -2.31. The van der Waals surface area contributed by atoms with Crippen LogP contribution in [0.2, 0.25) is 0 Å². The Kier molecular flexibility index (Phi) is 4.45. The third-order valence-corrected chi connectivity index (χ3v) is 4.18. The van der Waals surface area contributed by atoms with Gasteiger partial charge in [0.05, 0.1) is 13.2 Å². The number of carbonyl (C=O) groups is 1. The summed E-state index contributed by atoms with van der Waals surface area (Å²) in [6.45, 7) is 1.05. The third-order valence-electron chi connectivity index (χ3n) is 4.18. The Labute approximate surface area is 149 Å². The summed E-state index contributed by atoms with van der Waals surface area (Å²) in [6.07, 6.45) is -0.484. The van der Waals surface area contributed by atoms with Crippen LogP contribution in [0.3, 0.4) is 0 Å². The second-order valence-corrected chi connectivity index (χ2v) is 5.94. The molecule has 7 heteroatoms. The molecule has 4 rings (SSSR count). The number of halogens is 1. The molecule has 1 aromatic heterocycles. The number of rotatable bonds is 3. The van der Waals surface area contributed by atoms with Crippen molar-refractivity contribution in [3.05, 3.63) is 71.8 Å². The summed E-state index contributed by atoms with van der Waals surface area (Å²) in [7, 11) is 0. The molecule has 1 amide bonds. The first-order chi connectivity index (χ1) is 12.7. The second kappa shape index (κ2) is 7.05. The highest BCUT2D eigenvalue weighted by molar-refractivity contribution is 5.94. The monoisotopic (exact) mass is 353 g/mol. The number of amides is 1. The molecule has 1 aliphatic heterocycles. The molecule has 1 atom stereocenters. The lowest BCUT2D eigenvalue weighted by atomic mass is 10.1. The number of hydrogen-bond donors (Lipinski definition) is 0. The zero-order chi connectivity index (χ0) is 17.9. The Morgan fingerprint density at radius 3 is 2.81 bits per heavy atom. The summed E-state index contributed by atoms with van der Waals surface area (Å²) >= 11 is 0. The van der Waals surface area contributed by atoms with Crippen molar-refractivity contribution in [1.82, 2.24) is 15.0 Å². The van der Waals surface area contributed by atoms with Crippen LogP contribution in [0.25, 0.3) is 11.5 Å². The average Bonchev–Trinajstić information content (AvgIpc) is 3.18. The molecule has 1 fully saturated rings. The average molecular weight is 353 g/mol. The summed E-state index contributed by atoms with van der Waals surface area (Å²) in [4.78, 5) is 18.6. The van der Waals surface area contributed by atoms with Gasteiger partial charge < -0.3 is 14.2 Å². The zero-order valence-corrected chi connectivity index (χ0v) is 13.8. The van der Waals surface area contributed by atoms with E-state index in [1.807, 2.05) is 30.3 Å². The van der Waals surface area contributed by atoms with Crippen LogP contribution in [0, 0.1) is 5.82 Å². The molecule has 132 valence electrons. The van der Waals surface area contributed by atoms with Crippen molar-refractivity contribution in [3.63, 3.8) is 0 Å². The fourth-order valence-electron chi connectivity index (χ4n) is 2.86. The van der Waals surface area contributed by atoms with Crippen LogP contribution < -0.4 is 0 Å². The molecule has 0 spiro atoms. The van der Waals surface area contributed by atoms with Crippen LogP contribution >= 0.6 is 0 Å². The predicted molar refractivity (Wildman–Crippen MR) is 90.7 cm³/mol. The van der Waals surface area contributed by atoms with Gasteiger partial charge in [0.15, 0.2) is 0 Å². The van der Waals surface area contributed by atoms with Crippen molar-refractivity contribution in [2.75, 3.05) is 19.7 Å². The molecule has 2 aromatic carbocycles. The standard InChI is InChI=1S/C19H16FN3O3/c20-15-8-4-7-14(11-15)19(24)23-9-10-25-16(12-23)17-21-18(26-22-17)13-5-2-1-3-6-13/h1-8,11,16H,9-10,12H2. The topological polar surface area (TPSA) is 68.5 Å². The van der Waals surface area contributed by atoms with Crippen molar-refractivity contribution in [2.45, 2.75) is 6.10 Å². The van der Waals surface area contributed by atoms with Crippen LogP contribution in [-0.2, 0) is 4.74 Å². The lowest BCUT2D eigenvalue weighted by Crippen LogP contribution is -2.42. The van der Waals surface area contributed by atoms with Gasteiger partial charge in [-0.1, -0.05) is 29.4 Å². The number of carbonyl (C=O) groups excluding carboxylic acids is 1. The van der Waals surface area contributed by atoms with Gasteiger partial charge in [-0.15, -0.1) is 0 Å². The van der Waals surface area contributed by atoms with E-state index in [0.29, 0.717) is 30.4 Å². The minimum absolute atomic E-state index is 0.246. The van der Waals surface area contributed by atoms with Gasteiger partial charge >= 0.3 is 0 Å². The van der Waals surface area contributed by atoms with E-state index < -0.39 is 11.9 Å². The minimum Gasteiger partial charge on any atom is -0.366 e. The number of hydrogen-bond acceptors (Lipinski definition) is 5. The molecule has 6 nitrogen and oxygen atoms in total. The molecule has 0 saturated carbocycles. The van der Waals surface area contributed by atoms with Crippen LogP contribution in [0.4, 0.5) is 4.39 Å². The number of aromatic nitrogens is 2. The summed E-state index contributed by atoms with van der Waals surface area (Å²) in [5.74, 6) is 0.106. The van der Waals surface area contributed by atoms with E-state index in [4.69, 9.17) is 9.26 Å². The molecular weight excluding hydrogens is 337 g/mol.